The minimum Gasteiger partial charge on any atom is -0.457 e. The van der Waals surface area contributed by atoms with Crippen LogP contribution >= 0.6 is 0 Å². The van der Waals surface area contributed by atoms with Gasteiger partial charge in [0.25, 0.3) is 0 Å². The molecule has 4 nitrogen and oxygen atoms in total. The van der Waals surface area contributed by atoms with Crippen molar-refractivity contribution >= 4 is 5.97 Å². The van der Waals surface area contributed by atoms with Crippen LogP contribution < -0.4 is 0 Å². The topological polar surface area (TPSA) is 55.8 Å². The molecule has 4 heteroatoms. The molecule has 44 heavy (non-hydrogen) atoms. The van der Waals surface area contributed by atoms with Gasteiger partial charge in [0.15, 0.2) is 0 Å². The maximum Gasteiger partial charge on any atom is 0.306 e. The first kappa shape index (κ1) is 42.9. The van der Waals surface area contributed by atoms with Crippen LogP contribution in [0.25, 0.3) is 0 Å². The van der Waals surface area contributed by atoms with Crippen molar-refractivity contribution in [1.29, 1.82) is 0 Å². The van der Waals surface area contributed by atoms with Crippen molar-refractivity contribution in [2.45, 2.75) is 206 Å². The Morgan fingerprint density at radius 2 is 0.955 bits per heavy atom. The van der Waals surface area contributed by atoms with E-state index in [9.17, 15) is 9.90 Å². The Morgan fingerprint density at radius 1 is 0.545 bits per heavy atom. The first-order valence-electron chi connectivity index (χ1n) is 19.4. The van der Waals surface area contributed by atoms with E-state index in [0.717, 1.165) is 38.5 Å². The van der Waals surface area contributed by atoms with Crippen LogP contribution in [0, 0.1) is 0 Å². The summed E-state index contributed by atoms with van der Waals surface area (Å²) in [7, 11) is 0. The highest BCUT2D eigenvalue weighted by Crippen LogP contribution is 2.14. The van der Waals surface area contributed by atoms with Crippen LogP contribution in [0.3, 0.4) is 0 Å². The third-order valence-electron chi connectivity index (χ3n) is 8.53. The number of carbonyl (C=O) groups is 1. The van der Waals surface area contributed by atoms with Gasteiger partial charge in [-0.15, -0.1) is 0 Å². The van der Waals surface area contributed by atoms with Crippen LogP contribution in [-0.2, 0) is 14.3 Å². The molecule has 1 atom stereocenters. The minimum absolute atomic E-state index is 0.174. The maximum absolute atomic E-state index is 12.1. The molecular formula is C40H76O4. The van der Waals surface area contributed by atoms with Gasteiger partial charge in [-0.05, 0) is 44.9 Å². The third kappa shape index (κ3) is 35.4. The number of esters is 1. The zero-order valence-corrected chi connectivity index (χ0v) is 29.7. The molecular weight excluding hydrogens is 544 g/mol. The quantitative estimate of drug-likeness (QED) is 0.0430. The highest BCUT2D eigenvalue weighted by molar-refractivity contribution is 5.69. The molecule has 0 aromatic rings. The van der Waals surface area contributed by atoms with E-state index in [1.807, 2.05) is 0 Å². The van der Waals surface area contributed by atoms with Gasteiger partial charge in [0.05, 0.1) is 13.2 Å². The molecule has 0 heterocycles. The summed E-state index contributed by atoms with van der Waals surface area (Å²) in [5.41, 5.74) is 0. The number of aliphatic hydroxyl groups excluding tert-OH is 1. The standard InChI is InChI=1S/C40H76O4/c1-3-5-7-9-11-13-15-17-19-20-22-24-26-28-30-32-34-36-43-38-39(37-41)44-40(42)35-33-31-29-27-25-23-21-18-16-14-12-10-8-6-4-2/h12,14,18,21,39,41H,3-11,13,15-17,19-20,22-38H2,1-2H3/b14-12-,21-18-. The normalized spacial score (nSPS) is 12.5. The van der Waals surface area contributed by atoms with E-state index in [0.29, 0.717) is 19.6 Å². The molecule has 0 radical (unpaired) electrons. The van der Waals surface area contributed by atoms with Crippen molar-refractivity contribution < 1.29 is 19.4 Å². The molecule has 0 bridgehead atoms. The van der Waals surface area contributed by atoms with Crippen molar-refractivity contribution in [3.63, 3.8) is 0 Å². The number of carbonyl (C=O) groups excluding carboxylic acids is 1. The van der Waals surface area contributed by atoms with Crippen LogP contribution in [0.1, 0.15) is 200 Å². The minimum atomic E-state index is -0.536. The summed E-state index contributed by atoms with van der Waals surface area (Å²) in [5, 5.41) is 9.56. The fourth-order valence-corrected chi connectivity index (χ4v) is 5.59. The van der Waals surface area contributed by atoms with Crippen LogP contribution in [0.2, 0.25) is 0 Å². The van der Waals surface area contributed by atoms with Crippen molar-refractivity contribution in [2.24, 2.45) is 0 Å². The molecule has 0 fully saturated rings. The second-order valence-electron chi connectivity index (χ2n) is 13.0. The highest BCUT2D eigenvalue weighted by atomic mass is 16.6. The van der Waals surface area contributed by atoms with E-state index in [1.165, 1.54) is 141 Å². The SMILES string of the molecule is CCCCC/C=C\C/C=C\CCCCCCCC(=O)OC(CO)COCCCCCCCCCCCCCCCCCCC. The van der Waals surface area contributed by atoms with E-state index in [2.05, 4.69) is 38.2 Å². The number of ether oxygens (including phenoxy) is 2. The molecule has 0 amide bonds. The zero-order chi connectivity index (χ0) is 32.0. The molecule has 260 valence electrons. The molecule has 0 rings (SSSR count). The van der Waals surface area contributed by atoms with Crippen molar-refractivity contribution in [3.05, 3.63) is 24.3 Å². The van der Waals surface area contributed by atoms with Gasteiger partial charge in [0.1, 0.15) is 6.10 Å². The highest BCUT2D eigenvalue weighted by Gasteiger charge is 2.13. The molecule has 1 N–H and O–H groups in total. The summed E-state index contributed by atoms with van der Waals surface area (Å²) in [6.07, 6.45) is 45.1. The number of aliphatic hydroxyl groups is 1. The predicted octanol–water partition coefficient (Wildman–Crippen LogP) is 12.4. The van der Waals surface area contributed by atoms with E-state index < -0.39 is 6.10 Å². The summed E-state index contributed by atoms with van der Waals surface area (Å²) >= 11 is 0. The monoisotopic (exact) mass is 621 g/mol. The molecule has 0 aromatic heterocycles. The van der Waals surface area contributed by atoms with Crippen LogP contribution in [0.15, 0.2) is 24.3 Å². The lowest BCUT2D eigenvalue weighted by Gasteiger charge is -2.15. The summed E-state index contributed by atoms with van der Waals surface area (Å²) in [5.74, 6) is -0.212. The van der Waals surface area contributed by atoms with Gasteiger partial charge in [-0.2, -0.15) is 0 Å². The van der Waals surface area contributed by atoms with E-state index in [4.69, 9.17) is 9.47 Å². The first-order valence-corrected chi connectivity index (χ1v) is 19.4. The Kier molecular flexibility index (Phi) is 37.1. The lowest BCUT2D eigenvalue weighted by Crippen LogP contribution is -2.27. The van der Waals surface area contributed by atoms with Gasteiger partial charge < -0.3 is 14.6 Å². The smallest absolute Gasteiger partial charge is 0.306 e. The van der Waals surface area contributed by atoms with E-state index in [1.54, 1.807) is 0 Å². The molecule has 0 saturated heterocycles. The molecule has 0 aliphatic heterocycles. The van der Waals surface area contributed by atoms with Gasteiger partial charge >= 0.3 is 5.97 Å². The molecule has 0 aliphatic rings. The van der Waals surface area contributed by atoms with Gasteiger partial charge in [0, 0.05) is 13.0 Å². The molecule has 0 saturated carbocycles. The van der Waals surface area contributed by atoms with Gasteiger partial charge in [0.2, 0.25) is 0 Å². The Balaban J connectivity index is 3.43. The Bertz CT molecular complexity index is 614. The largest absolute Gasteiger partial charge is 0.457 e. The van der Waals surface area contributed by atoms with E-state index in [-0.39, 0.29) is 12.6 Å². The Morgan fingerprint density at radius 3 is 1.45 bits per heavy atom. The van der Waals surface area contributed by atoms with Crippen molar-refractivity contribution in [2.75, 3.05) is 19.8 Å². The van der Waals surface area contributed by atoms with Crippen LogP contribution in [0.4, 0.5) is 0 Å². The third-order valence-corrected chi connectivity index (χ3v) is 8.53. The lowest BCUT2D eigenvalue weighted by molar-refractivity contribution is -0.154. The number of hydrogen-bond donors (Lipinski definition) is 1. The maximum atomic E-state index is 12.1. The van der Waals surface area contributed by atoms with Gasteiger partial charge in [-0.3, -0.25) is 4.79 Å². The Labute approximate surface area is 275 Å². The second-order valence-corrected chi connectivity index (χ2v) is 13.0. The fraction of sp³-hybridized carbons (Fsp3) is 0.875. The number of allylic oxidation sites excluding steroid dienone is 4. The molecule has 0 spiro atoms. The molecule has 0 aromatic carbocycles. The summed E-state index contributed by atoms with van der Waals surface area (Å²) in [4.78, 5) is 12.1. The van der Waals surface area contributed by atoms with Crippen LogP contribution in [-0.4, -0.2) is 37.0 Å². The number of hydrogen-bond acceptors (Lipinski definition) is 4. The average molecular weight is 621 g/mol. The Hall–Kier alpha value is -1.13. The zero-order valence-electron chi connectivity index (χ0n) is 29.7. The summed E-state index contributed by atoms with van der Waals surface area (Å²) in [6, 6.07) is 0. The molecule has 1 unspecified atom stereocenters. The number of unbranched alkanes of at least 4 members (excludes halogenated alkanes) is 24. The van der Waals surface area contributed by atoms with Crippen LogP contribution in [0.5, 0.6) is 0 Å². The second kappa shape index (κ2) is 38.1. The van der Waals surface area contributed by atoms with Crippen molar-refractivity contribution in [3.8, 4) is 0 Å². The lowest BCUT2D eigenvalue weighted by atomic mass is 10.0. The van der Waals surface area contributed by atoms with Gasteiger partial charge in [-0.25, -0.2) is 0 Å². The fourth-order valence-electron chi connectivity index (χ4n) is 5.59. The molecule has 0 aliphatic carbocycles. The summed E-state index contributed by atoms with van der Waals surface area (Å²) < 4.78 is 11.1. The van der Waals surface area contributed by atoms with Crippen molar-refractivity contribution in [1.82, 2.24) is 0 Å². The number of rotatable bonds is 36. The summed E-state index contributed by atoms with van der Waals surface area (Å²) in [6.45, 7) is 5.33. The van der Waals surface area contributed by atoms with Gasteiger partial charge in [-0.1, -0.05) is 173 Å². The predicted molar refractivity (Wildman–Crippen MR) is 191 cm³/mol. The average Bonchev–Trinajstić information content (AvgIpc) is 3.03. The first-order chi connectivity index (χ1) is 21.7. The van der Waals surface area contributed by atoms with E-state index >= 15 is 0 Å².